The van der Waals surface area contributed by atoms with Gasteiger partial charge in [0.05, 0.1) is 0 Å². The van der Waals surface area contributed by atoms with Crippen molar-refractivity contribution in [3.05, 3.63) is 41.0 Å². The van der Waals surface area contributed by atoms with E-state index in [0.29, 0.717) is 6.42 Å². The molecule has 0 saturated carbocycles. The van der Waals surface area contributed by atoms with Gasteiger partial charge in [-0.1, -0.05) is 24.3 Å². The zero-order valence-corrected chi connectivity index (χ0v) is 8.99. The second-order valence-electron chi connectivity index (χ2n) is 3.95. The fraction of sp³-hybridized carbons (Fsp3) is 0.308. The Morgan fingerprint density at radius 1 is 1.40 bits per heavy atom. The summed E-state index contributed by atoms with van der Waals surface area (Å²) < 4.78 is 5.08. The Morgan fingerprint density at radius 2 is 2.13 bits per heavy atom. The van der Waals surface area contributed by atoms with E-state index in [2.05, 4.69) is 0 Å². The topological polar surface area (TPSA) is 26.3 Å². The molecular formula is C13H14O2. The summed E-state index contributed by atoms with van der Waals surface area (Å²) in [6, 6.07) is 8.02. The van der Waals surface area contributed by atoms with Crippen LogP contribution >= 0.6 is 0 Å². The van der Waals surface area contributed by atoms with E-state index in [-0.39, 0.29) is 12.1 Å². The van der Waals surface area contributed by atoms with Crippen LogP contribution < -0.4 is 0 Å². The Hall–Kier alpha value is -1.57. The standard InChI is InChI=1S/C13H14O2/c1-9-5-3-4-6-11(9)8-12-7-10(2)15-13(12)14/h3-6,8,10H,7H2,1-2H3. The van der Waals surface area contributed by atoms with Crippen molar-refractivity contribution in [3.63, 3.8) is 0 Å². The lowest BCUT2D eigenvalue weighted by molar-refractivity contribution is -0.138. The van der Waals surface area contributed by atoms with E-state index < -0.39 is 0 Å². The first-order valence-electron chi connectivity index (χ1n) is 5.14. The molecule has 78 valence electrons. The van der Waals surface area contributed by atoms with E-state index in [1.807, 2.05) is 44.2 Å². The van der Waals surface area contributed by atoms with E-state index in [9.17, 15) is 4.79 Å². The Kier molecular flexibility index (Phi) is 2.58. The minimum absolute atomic E-state index is 0.0211. The fourth-order valence-corrected chi connectivity index (χ4v) is 1.75. The van der Waals surface area contributed by atoms with Gasteiger partial charge in [-0.25, -0.2) is 4.79 Å². The summed E-state index contributed by atoms with van der Waals surface area (Å²) in [6.07, 6.45) is 2.67. The van der Waals surface area contributed by atoms with Crippen LogP contribution in [0.3, 0.4) is 0 Å². The summed E-state index contributed by atoms with van der Waals surface area (Å²) in [5, 5.41) is 0. The maximum Gasteiger partial charge on any atom is 0.334 e. The van der Waals surface area contributed by atoms with Gasteiger partial charge in [-0.15, -0.1) is 0 Å². The number of rotatable bonds is 1. The van der Waals surface area contributed by atoms with Crippen LogP contribution in [0.2, 0.25) is 0 Å². The van der Waals surface area contributed by atoms with Gasteiger partial charge in [0.15, 0.2) is 0 Å². The van der Waals surface area contributed by atoms with Crippen molar-refractivity contribution in [2.24, 2.45) is 0 Å². The molecule has 2 heteroatoms. The van der Waals surface area contributed by atoms with E-state index >= 15 is 0 Å². The fourth-order valence-electron chi connectivity index (χ4n) is 1.75. The lowest BCUT2D eigenvalue weighted by atomic mass is 10.0. The van der Waals surface area contributed by atoms with Crippen molar-refractivity contribution >= 4 is 12.0 Å². The molecule has 1 atom stereocenters. The highest BCUT2D eigenvalue weighted by atomic mass is 16.5. The number of benzene rings is 1. The number of aryl methyl sites for hydroxylation is 1. The third-order valence-electron chi connectivity index (χ3n) is 2.60. The van der Waals surface area contributed by atoms with Crippen LogP contribution in [0, 0.1) is 6.92 Å². The van der Waals surface area contributed by atoms with Crippen LogP contribution in [0.25, 0.3) is 6.08 Å². The molecule has 0 spiro atoms. The zero-order chi connectivity index (χ0) is 10.8. The molecule has 2 nitrogen and oxygen atoms in total. The van der Waals surface area contributed by atoms with Crippen LogP contribution in [0.5, 0.6) is 0 Å². The molecule has 1 unspecified atom stereocenters. The molecule has 0 amide bonds. The first kappa shape index (κ1) is 9.97. The highest BCUT2D eigenvalue weighted by Gasteiger charge is 2.25. The molecule has 2 rings (SSSR count). The Labute approximate surface area is 89.6 Å². The summed E-state index contributed by atoms with van der Waals surface area (Å²) in [4.78, 5) is 11.4. The molecule has 1 fully saturated rings. The van der Waals surface area contributed by atoms with Gasteiger partial charge in [0.1, 0.15) is 6.10 Å². The summed E-state index contributed by atoms with van der Waals surface area (Å²) in [5.74, 6) is -0.175. The van der Waals surface area contributed by atoms with Crippen LogP contribution in [-0.2, 0) is 9.53 Å². The predicted molar refractivity (Wildman–Crippen MR) is 59.3 cm³/mol. The SMILES string of the molecule is Cc1ccccc1C=C1CC(C)OC1=O. The molecule has 1 aromatic carbocycles. The van der Waals surface area contributed by atoms with Crippen LogP contribution in [0.4, 0.5) is 0 Å². The average Bonchev–Trinajstić information content (AvgIpc) is 2.49. The summed E-state index contributed by atoms with van der Waals surface area (Å²) in [5.41, 5.74) is 3.05. The lowest BCUT2D eigenvalue weighted by Crippen LogP contribution is -1.99. The molecule has 15 heavy (non-hydrogen) atoms. The zero-order valence-electron chi connectivity index (χ0n) is 8.99. The number of hydrogen-bond donors (Lipinski definition) is 0. The number of ether oxygens (including phenoxy) is 1. The Bertz CT molecular complexity index is 418. The summed E-state index contributed by atoms with van der Waals surface area (Å²) in [6.45, 7) is 3.95. The maximum atomic E-state index is 11.4. The first-order chi connectivity index (χ1) is 7.16. The molecule has 0 N–H and O–H groups in total. The van der Waals surface area contributed by atoms with Crippen molar-refractivity contribution in [3.8, 4) is 0 Å². The van der Waals surface area contributed by atoms with Gasteiger partial charge >= 0.3 is 5.97 Å². The molecule has 0 bridgehead atoms. The highest BCUT2D eigenvalue weighted by Crippen LogP contribution is 2.23. The summed E-state index contributed by atoms with van der Waals surface area (Å²) >= 11 is 0. The van der Waals surface area contributed by atoms with Crippen molar-refractivity contribution in [1.29, 1.82) is 0 Å². The molecule has 0 aliphatic carbocycles. The second-order valence-corrected chi connectivity index (χ2v) is 3.95. The van der Waals surface area contributed by atoms with Crippen LogP contribution in [0.1, 0.15) is 24.5 Å². The van der Waals surface area contributed by atoms with E-state index in [1.54, 1.807) is 0 Å². The number of cyclic esters (lactones) is 1. The largest absolute Gasteiger partial charge is 0.459 e. The van der Waals surface area contributed by atoms with Gasteiger partial charge in [0.2, 0.25) is 0 Å². The van der Waals surface area contributed by atoms with Crippen LogP contribution in [-0.4, -0.2) is 12.1 Å². The monoisotopic (exact) mass is 202 g/mol. The molecule has 0 aromatic heterocycles. The number of carbonyl (C=O) groups excluding carboxylic acids is 1. The van der Waals surface area contributed by atoms with E-state index in [0.717, 1.165) is 11.1 Å². The number of esters is 1. The molecule has 1 aliphatic rings. The van der Waals surface area contributed by atoms with Crippen molar-refractivity contribution in [2.75, 3.05) is 0 Å². The number of hydrogen-bond acceptors (Lipinski definition) is 2. The highest BCUT2D eigenvalue weighted by molar-refractivity contribution is 5.95. The Balaban J connectivity index is 2.31. The van der Waals surface area contributed by atoms with Crippen molar-refractivity contribution < 1.29 is 9.53 Å². The van der Waals surface area contributed by atoms with Crippen molar-refractivity contribution in [2.45, 2.75) is 26.4 Å². The normalized spacial score (nSPS) is 23.2. The van der Waals surface area contributed by atoms with Crippen molar-refractivity contribution in [1.82, 2.24) is 0 Å². The second kappa shape index (κ2) is 3.89. The minimum atomic E-state index is -0.175. The van der Waals surface area contributed by atoms with Gasteiger partial charge in [0, 0.05) is 12.0 Å². The molecular weight excluding hydrogens is 188 g/mol. The predicted octanol–water partition coefficient (Wildman–Crippen LogP) is 2.71. The molecule has 1 aliphatic heterocycles. The average molecular weight is 202 g/mol. The Morgan fingerprint density at radius 3 is 2.73 bits per heavy atom. The van der Waals surface area contributed by atoms with Gasteiger partial charge < -0.3 is 4.74 Å². The minimum Gasteiger partial charge on any atom is -0.459 e. The van der Waals surface area contributed by atoms with Gasteiger partial charge in [-0.05, 0) is 31.1 Å². The van der Waals surface area contributed by atoms with Crippen LogP contribution in [0.15, 0.2) is 29.8 Å². The third kappa shape index (κ3) is 2.09. The van der Waals surface area contributed by atoms with Gasteiger partial charge in [-0.3, -0.25) is 0 Å². The number of carbonyl (C=O) groups is 1. The molecule has 0 radical (unpaired) electrons. The third-order valence-corrected chi connectivity index (χ3v) is 2.60. The summed E-state index contributed by atoms with van der Waals surface area (Å²) in [7, 11) is 0. The molecule has 1 heterocycles. The maximum absolute atomic E-state index is 11.4. The first-order valence-corrected chi connectivity index (χ1v) is 5.14. The molecule has 1 saturated heterocycles. The smallest absolute Gasteiger partial charge is 0.334 e. The quantitative estimate of drug-likeness (QED) is 0.517. The molecule has 1 aromatic rings. The lowest BCUT2D eigenvalue weighted by Gasteiger charge is -1.99. The van der Waals surface area contributed by atoms with E-state index in [1.165, 1.54) is 5.56 Å². The van der Waals surface area contributed by atoms with Gasteiger partial charge in [-0.2, -0.15) is 0 Å². The van der Waals surface area contributed by atoms with E-state index in [4.69, 9.17) is 4.74 Å². The van der Waals surface area contributed by atoms with Gasteiger partial charge in [0.25, 0.3) is 0 Å².